The van der Waals surface area contributed by atoms with E-state index in [1.54, 1.807) is 0 Å². The first kappa shape index (κ1) is 16.6. The molecule has 0 unspecified atom stereocenters. The molecule has 0 aliphatic heterocycles. The van der Waals surface area contributed by atoms with E-state index in [1.807, 2.05) is 0 Å². The molecule has 1 aliphatic rings. The van der Waals surface area contributed by atoms with Crippen LogP contribution >= 0.6 is 11.6 Å². The summed E-state index contributed by atoms with van der Waals surface area (Å²) in [5.74, 6) is -0.0735. The molecular formula is C16H16ClFN4O2. The predicted molar refractivity (Wildman–Crippen MR) is 87.1 cm³/mol. The molecule has 1 fully saturated rings. The first-order valence-corrected chi connectivity index (χ1v) is 8.08. The Hall–Kier alpha value is -2.28. The zero-order chi connectivity index (χ0) is 17.1. The van der Waals surface area contributed by atoms with Crippen LogP contribution in [0.15, 0.2) is 23.0 Å². The number of rotatable bonds is 6. The third-order valence-corrected chi connectivity index (χ3v) is 4.06. The van der Waals surface area contributed by atoms with Crippen molar-refractivity contribution in [1.82, 2.24) is 20.5 Å². The Kier molecular flexibility index (Phi) is 4.89. The van der Waals surface area contributed by atoms with Gasteiger partial charge in [-0.25, -0.2) is 4.39 Å². The van der Waals surface area contributed by atoms with Crippen molar-refractivity contribution in [3.05, 3.63) is 45.1 Å². The second kappa shape index (κ2) is 7.09. The van der Waals surface area contributed by atoms with Crippen LogP contribution in [0.1, 0.15) is 25.0 Å². The van der Waals surface area contributed by atoms with Gasteiger partial charge in [-0.2, -0.15) is 0 Å². The Morgan fingerprint density at radius 3 is 2.88 bits per heavy atom. The molecule has 126 valence electrons. The molecule has 0 radical (unpaired) electrons. The molecule has 0 atom stereocenters. The number of aromatic nitrogens is 3. The number of aryl methyl sites for hydroxylation is 1. The van der Waals surface area contributed by atoms with Crippen molar-refractivity contribution >= 4 is 17.5 Å². The van der Waals surface area contributed by atoms with Crippen molar-refractivity contribution in [2.24, 2.45) is 5.92 Å². The Bertz CT molecular complexity index is 820. The summed E-state index contributed by atoms with van der Waals surface area (Å²) < 4.78 is 13.8. The average Bonchev–Trinajstić information content (AvgIpc) is 3.38. The second-order valence-corrected chi connectivity index (χ2v) is 6.26. The van der Waals surface area contributed by atoms with E-state index in [1.165, 1.54) is 18.2 Å². The molecule has 1 heterocycles. The van der Waals surface area contributed by atoms with Gasteiger partial charge in [0.1, 0.15) is 11.5 Å². The van der Waals surface area contributed by atoms with Crippen LogP contribution < -0.4 is 10.9 Å². The number of carbonyl (C=O) groups excluding carboxylic acids is 1. The predicted octanol–water partition coefficient (Wildman–Crippen LogP) is 2.08. The number of halogens is 2. The molecule has 24 heavy (non-hydrogen) atoms. The van der Waals surface area contributed by atoms with Gasteiger partial charge in [0.15, 0.2) is 5.82 Å². The van der Waals surface area contributed by atoms with E-state index in [0.29, 0.717) is 17.5 Å². The van der Waals surface area contributed by atoms with Gasteiger partial charge in [-0.1, -0.05) is 11.6 Å². The normalized spacial score (nSPS) is 13.8. The Morgan fingerprint density at radius 2 is 2.17 bits per heavy atom. The van der Waals surface area contributed by atoms with Crippen molar-refractivity contribution in [1.29, 1.82) is 0 Å². The molecule has 2 aromatic rings. The molecule has 8 heteroatoms. The van der Waals surface area contributed by atoms with Gasteiger partial charge in [0.25, 0.3) is 5.56 Å². The second-order valence-electron chi connectivity index (χ2n) is 5.82. The van der Waals surface area contributed by atoms with E-state index in [9.17, 15) is 14.0 Å². The summed E-state index contributed by atoms with van der Waals surface area (Å²) in [6.07, 6.45) is 2.66. The van der Waals surface area contributed by atoms with Gasteiger partial charge in [-0.3, -0.25) is 9.59 Å². The fraction of sp³-hybridized carbons (Fsp3) is 0.375. The highest BCUT2D eigenvalue weighted by atomic mass is 35.5. The minimum atomic E-state index is -0.559. The summed E-state index contributed by atoms with van der Waals surface area (Å²) in [5, 5.41) is 10.8. The van der Waals surface area contributed by atoms with Crippen LogP contribution in [0.25, 0.3) is 11.4 Å². The topological polar surface area (TPSA) is 87.7 Å². The van der Waals surface area contributed by atoms with Crippen LogP contribution in [0, 0.1) is 11.7 Å². The van der Waals surface area contributed by atoms with Gasteiger partial charge in [-0.05, 0) is 37.0 Å². The number of hydrogen-bond acceptors (Lipinski definition) is 4. The highest BCUT2D eigenvalue weighted by Gasteiger charge is 2.21. The van der Waals surface area contributed by atoms with Crippen molar-refractivity contribution in [3.8, 4) is 11.4 Å². The largest absolute Gasteiger partial charge is 0.356 e. The monoisotopic (exact) mass is 350 g/mol. The van der Waals surface area contributed by atoms with E-state index in [2.05, 4.69) is 20.5 Å². The van der Waals surface area contributed by atoms with Crippen molar-refractivity contribution in [2.45, 2.75) is 25.7 Å². The van der Waals surface area contributed by atoms with Crippen LogP contribution in [0.3, 0.4) is 0 Å². The molecule has 0 saturated heterocycles. The van der Waals surface area contributed by atoms with Crippen LogP contribution in [-0.4, -0.2) is 27.6 Å². The summed E-state index contributed by atoms with van der Waals surface area (Å²) >= 11 is 5.83. The van der Waals surface area contributed by atoms with Crippen molar-refractivity contribution in [2.75, 3.05) is 6.54 Å². The lowest BCUT2D eigenvalue weighted by molar-refractivity contribution is -0.121. The lowest BCUT2D eigenvalue weighted by atomic mass is 10.2. The van der Waals surface area contributed by atoms with E-state index in [4.69, 9.17) is 11.6 Å². The van der Waals surface area contributed by atoms with Gasteiger partial charge in [-0.15, -0.1) is 10.2 Å². The molecule has 2 N–H and O–H groups in total. The van der Waals surface area contributed by atoms with E-state index in [0.717, 1.165) is 12.8 Å². The minimum Gasteiger partial charge on any atom is -0.356 e. The number of hydrogen-bond donors (Lipinski definition) is 2. The maximum atomic E-state index is 13.8. The molecule has 1 aromatic carbocycles. The van der Waals surface area contributed by atoms with Crippen LogP contribution in [0.4, 0.5) is 4.39 Å². The van der Waals surface area contributed by atoms with Crippen LogP contribution in [-0.2, 0) is 11.2 Å². The first-order chi connectivity index (χ1) is 11.5. The highest BCUT2D eigenvalue weighted by Crippen LogP contribution is 2.27. The number of nitrogens with zero attached hydrogens (tertiary/aromatic N) is 2. The maximum absolute atomic E-state index is 13.8. The third-order valence-electron chi connectivity index (χ3n) is 3.82. The lowest BCUT2D eigenvalue weighted by Crippen LogP contribution is -2.27. The maximum Gasteiger partial charge on any atom is 0.273 e. The number of benzene rings is 1. The number of H-pyrrole nitrogens is 1. The van der Waals surface area contributed by atoms with E-state index >= 15 is 0 Å². The van der Waals surface area contributed by atoms with Gasteiger partial charge in [0.2, 0.25) is 5.91 Å². The average molecular weight is 351 g/mol. The van der Waals surface area contributed by atoms with E-state index in [-0.39, 0.29) is 35.8 Å². The lowest BCUT2D eigenvalue weighted by Gasteiger charge is -2.05. The molecular weight excluding hydrogens is 335 g/mol. The molecule has 1 aromatic heterocycles. The molecule has 0 bridgehead atoms. The van der Waals surface area contributed by atoms with Gasteiger partial charge < -0.3 is 10.3 Å². The summed E-state index contributed by atoms with van der Waals surface area (Å²) in [6.45, 7) is 0.688. The molecule has 0 spiro atoms. The Morgan fingerprint density at radius 1 is 1.38 bits per heavy atom. The summed E-state index contributed by atoms with van der Waals surface area (Å²) in [7, 11) is 0. The Balaban J connectivity index is 1.67. The van der Waals surface area contributed by atoms with E-state index < -0.39 is 11.4 Å². The zero-order valence-corrected chi connectivity index (χ0v) is 13.6. The minimum absolute atomic E-state index is 0.00179. The standard InChI is InChI=1S/C16H16ClFN4O2/c17-10-3-4-12(18)11(7-10)15-20-16(24)13(21-22-15)5-6-14(23)19-8-9-1-2-9/h3-4,7,9H,1-2,5-6,8H2,(H,19,23)(H,20,22,24). The molecule has 6 nitrogen and oxygen atoms in total. The highest BCUT2D eigenvalue weighted by molar-refractivity contribution is 6.30. The molecule has 3 rings (SSSR count). The fourth-order valence-electron chi connectivity index (χ4n) is 2.22. The van der Waals surface area contributed by atoms with Crippen LogP contribution in [0.2, 0.25) is 5.02 Å². The van der Waals surface area contributed by atoms with Gasteiger partial charge in [0.05, 0.1) is 5.56 Å². The van der Waals surface area contributed by atoms with Crippen molar-refractivity contribution in [3.63, 3.8) is 0 Å². The quantitative estimate of drug-likeness (QED) is 0.835. The van der Waals surface area contributed by atoms with Crippen molar-refractivity contribution < 1.29 is 9.18 Å². The number of nitrogens with one attached hydrogen (secondary N) is 2. The number of amides is 1. The Labute approximate surface area is 142 Å². The zero-order valence-electron chi connectivity index (χ0n) is 12.8. The first-order valence-electron chi connectivity index (χ1n) is 7.71. The summed E-state index contributed by atoms with van der Waals surface area (Å²) in [6, 6.07) is 3.96. The smallest absolute Gasteiger partial charge is 0.273 e. The summed E-state index contributed by atoms with van der Waals surface area (Å²) in [5.41, 5.74) is -0.280. The fourth-order valence-corrected chi connectivity index (χ4v) is 2.40. The third kappa shape index (κ3) is 4.17. The van der Waals surface area contributed by atoms with Crippen LogP contribution in [0.5, 0.6) is 0 Å². The molecule has 1 amide bonds. The molecule has 1 aliphatic carbocycles. The van der Waals surface area contributed by atoms with Gasteiger partial charge in [0, 0.05) is 24.4 Å². The molecule has 1 saturated carbocycles. The SMILES string of the molecule is O=C(CCc1nnc(-c2cc(Cl)ccc2F)[nH]c1=O)NCC1CC1. The summed E-state index contributed by atoms with van der Waals surface area (Å²) in [4.78, 5) is 26.2. The van der Waals surface area contributed by atoms with Gasteiger partial charge >= 0.3 is 0 Å². The number of carbonyl (C=O) groups is 1. The number of aromatic amines is 1.